The van der Waals surface area contributed by atoms with Gasteiger partial charge in [-0.25, -0.2) is 4.68 Å². The maximum atomic E-state index is 5.69. The zero-order valence-electron chi connectivity index (χ0n) is 11.1. The molecule has 0 spiro atoms. The lowest BCUT2D eigenvalue weighted by atomic mass is 9.85. The summed E-state index contributed by atoms with van der Waals surface area (Å²) in [6.07, 6.45) is 2.01. The maximum absolute atomic E-state index is 5.69. The molecule has 1 aliphatic rings. The molecule has 1 aliphatic heterocycles. The fourth-order valence-electron chi connectivity index (χ4n) is 2.91. The van der Waals surface area contributed by atoms with Crippen LogP contribution in [0.5, 0.6) is 0 Å². The molecule has 2 heterocycles. The lowest BCUT2D eigenvalue weighted by molar-refractivity contribution is 0.338. The van der Waals surface area contributed by atoms with Gasteiger partial charge >= 0.3 is 0 Å². The second kappa shape index (κ2) is 4.66. The van der Waals surface area contributed by atoms with E-state index in [1.165, 1.54) is 5.56 Å². The minimum atomic E-state index is 0.289. The van der Waals surface area contributed by atoms with Crippen molar-refractivity contribution in [3.8, 4) is 0 Å². The Morgan fingerprint density at radius 1 is 1.32 bits per heavy atom. The number of hydrogen-bond donors (Lipinski definition) is 2. The average Bonchev–Trinajstić information content (AvgIpc) is 2.81. The Labute approximate surface area is 112 Å². The highest BCUT2D eigenvalue weighted by molar-refractivity contribution is 5.28. The molecule has 100 valence electrons. The first-order chi connectivity index (χ1) is 9.19. The number of rotatable bonds is 2. The van der Waals surface area contributed by atoms with Gasteiger partial charge in [0.05, 0.1) is 6.04 Å². The summed E-state index contributed by atoms with van der Waals surface area (Å²) < 4.78 is 1.97. The monoisotopic (exact) mass is 257 g/mol. The van der Waals surface area contributed by atoms with Gasteiger partial charge in [-0.05, 0) is 24.5 Å². The zero-order valence-corrected chi connectivity index (χ0v) is 11.1. The van der Waals surface area contributed by atoms with Crippen LogP contribution < -0.4 is 11.5 Å². The molecule has 5 heteroatoms. The number of nitrogens with two attached hydrogens (primary N) is 2. The summed E-state index contributed by atoms with van der Waals surface area (Å²) in [6.45, 7) is 2.77. The van der Waals surface area contributed by atoms with Gasteiger partial charge in [0.2, 0.25) is 5.95 Å². The van der Waals surface area contributed by atoms with Crippen molar-refractivity contribution in [2.45, 2.75) is 38.3 Å². The molecule has 0 fully saturated rings. The second-order valence-electron chi connectivity index (χ2n) is 5.16. The third-order valence-electron chi connectivity index (χ3n) is 4.01. The van der Waals surface area contributed by atoms with Gasteiger partial charge in [-0.1, -0.05) is 24.3 Å². The van der Waals surface area contributed by atoms with E-state index in [1.807, 2.05) is 4.68 Å². The van der Waals surface area contributed by atoms with Crippen molar-refractivity contribution in [2.24, 2.45) is 5.73 Å². The largest absolute Gasteiger partial charge is 0.366 e. The topological polar surface area (TPSA) is 82.8 Å². The molecule has 0 radical (unpaired) electrons. The van der Waals surface area contributed by atoms with Gasteiger partial charge in [-0.15, -0.1) is 5.10 Å². The number of benzene rings is 1. The molecule has 0 saturated heterocycles. The predicted molar refractivity (Wildman–Crippen MR) is 74.5 cm³/mol. The summed E-state index contributed by atoms with van der Waals surface area (Å²) in [6, 6.07) is 8.85. The predicted octanol–water partition coefficient (Wildman–Crippen LogP) is 1.61. The Morgan fingerprint density at radius 2 is 2.05 bits per heavy atom. The van der Waals surface area contributed by atoms with Crippen molar-refractivity contribution in [1.82, 2.24) is 14.8 Å². The minimum Gasteiger partial charge on any atom is -0.366 e. The molecular weight excluding hydrogens is 238 g/mol. The Kier molecular flexibility index (Phi) is 2.98. The Balaban J connectivity index is 1.90. The normalized spacial score (nSPS) is 22.2. The van der Waals surface area contributed by atoms with Crippen molar-refractivity contribution < 1.29 is 0 Å². The first-order valence-corrected chi connectivity index (χ1v) is 6.69. The smallest absolute Gasteiger partial charge is 0.239 e. The highest BCUT2D eigenvalue weighted by Crippen LogP contribution is 2.36. The van der Waals surface area contributed by atoms with Crippen molar-refractivity contribution >= 4 is 5.95 Å². The molecule has 19 heavy (non-hydrogen) atoms. The van der Waals surface area contributed by atoms with E-state index < -0.39 is 0 Å². The van der Waals surface area contributed by atoms with Gasteiger partial charge in [-0.2, -0.15) is 4.98 Å². The molecule has 2 atom stereocenters. The number of nitrogen functional groups attached to an aromatic ring is 1. The summed E-state index contributed by atoms with van der Waals surface area (Å²) in [5, 5.41) is 4.31. The zero-order chi connectivity index (χ0) is 13.4. The van der Waals surface area contributed by atoms with Crippen LogP contribution in [0.4, 0.5) is 5.95 Å². The van der Waals surface area contributed by atoms with Crippen molar-refractivity contribution in [3.63, 3.8) is 0 Å². The summed E-state index contributed by atoms with van der Waals surface area (Å²) in [4.78, 5) is 4.27. The van der Waals surface area contributed by atoms with Gasteiger partial charge in [0.15, 0.2) is 0 Å². The number of hydrogen-bond acceptors (Lipinski definition) is 4. The van der Waals surface area contributed by atoms with Gasteiger partial charge in [0.25, 0.3) is 0 Å². The second-order valence-corrected chi connectivity index (χ2v) is 5.16. The molecule has 2 unspecified atom stereocenters. The molecule has 5 nitrogen and oxygen atoms in total. The van der Waals surface area contributed by atoms with Crippen LogP contribution in [-0.2, 0) is 13.0 Å². The van der Waals surface area contributed by atoms with Crippen molar-refractivity contribution in [3.05, 3.63) is 41.2 Å². The number of fused-ring (bicyclic) bond motifs is 1. The fraction of sp³-hybridized carbons (Fsp3) is 0.429. The molecular formula is C14H19N5. The fourth-order valence-corrected chi connectivity index (χ4v) is 2.91. The summed E-state index contributed by atoms with van der Waals surface area (Å²) in [5.41, 5.74) is 13.8. The molecule has 3 rings (SSSR count). The number of aromatic nitrogens is 3. The van der Waals surface area contributed by atoms with E-state index in [0.717, 1.165) is 24.2 Å². The molecule has 0 bridgehead atoms. The van der Waals surface area contributed by atoms with Crippen LogP contribution in [0.15, 0.2) is 24.3 Å². The van der Waals surface area contributed by atoms with Crippen LogP contribution in [0.2, 0.25) is 0 Å². The number of nitrogens with zero attached hydrogens (tertiary/aromatic N) is 3. The van der Waals surface area contributed by atoms with Gasteiger partial charge < -0.3 is 11.5 Å². The molecule has 1 aromatic carbocycles. The molecule has 4 N–H and O–H groups in total. The Bertz CT molecular complexity index is 572. The van der Waals surface area contributed by atoms with E-state index in [2.05, 4.69) is 41.3 Å². The van der Waals surface area contributed by atoms with Crippen LogP contribution in [0.3, 0.4) is 0 Å². The van der Waals surface area contributed by atoms with Crippen molar-refractivity contribution in [1.29, 1.82) is 0 Å². The van der Waals surface area contributed by atoms with E-state index in [1.54, 1.807) is 0 Å². The third-order valence-corrected chi connectivity index (χ3v) is 4.01. The van der Waals surface area contributed by atoms with Gasteiger partial charge in [0.1, 0.15) is 5.82 Å². The summed E-state index contributed by atoms with van der Waals surface area (Å²) >= 11 is 0. The summed E-state index contributed by atoms with van der Waals surface area (Å²) in [7, 11) is 0. The van der Waals surface area contributed by atoms with Crippen molar-refractivity contribution in [2.75, 3.05) is 5.73 Å². The third kappa shape index (κ3) is 2.10. The minimum absolute atomic E-state index is 0.289. The van der Waals surface area contributed by atoms with Crippen LogP contribution in [-0.4, -0.2) is 14.8 Å². The standard InChI is InChI=1S/C14H19N5/c1-9-12(11-4-2-10(8-15)3-5-11)6-7-13-17-14(16)18-19(9)13/h2-5,9,12H,6-8,15H2,1H3,(H2,16,18). The number of aryl methyl sites for hydroxylation is 1. The highest BCUT2D eigenvalue weighted by Gasteiger charge is 2.29. The molecule has 0 amide bonds. The van der Waals surface area contributed by atoms with E-state index in [4.69, 9.17) is 11.5 Å². The molecule has 0 aliphatic carbocycles. The maximum Gasteiger partial charge on any atom is 0.239 e. The van der Waals surface area contributed by atoms with Crippen LogP contribution in [0.25, 0.3) is 0 Å². The van der Waals surface area contributed by atoms with E-state index in [-0.39, 0.29) is 6.04 Å². The lowest BCUT2D eigenvalue weighted by Crippen LogP contribution is -2.24. The lowest BCUT2D eigenvalue weighted by Gasteiger charge is -2.29. The molecule has 2 aromatic rings. The van der Waals surface area contributed by atoms with Gasteiger partial charge in [-0.3, -0.25) is 0 Å². The first kappa shape index (κ1) is 12.2. The Morgan fingerprint density at radius 3 is 2.74 bits per heavy atom. The SMILES string of the molecule is CC1C(c2ccc(CN)cc2)CCc2nc(N)nn21. The first-order valence-electron chi connectivity index (χ1n) is 6.69. The molecule has 1 aromatic heterocycles. The highest BCUT2D eigenvalue weighted by atomic mass is 15.4. The van der Waals surface area contributed by atoms with Crippen LogP contribution >= 0.6 is 0 Å². The van der Waals surface area contributed by atoms with Crippen LogP contribution in [0.1, 0.15) is 42.3 Å². The summed E-state index contributed by atoms with van der Waals surface area (Å²) in [5.74, 6) is 1.83. The average molecular weight is 257 g/mol. The van der Waals surface area contributed by atoms with E-state index >= 15 is 0 Å². The molecule has 0 saturated carbocycles. The van der Waals surface area contributed by atoms with E-state index in [0.29, 0.717) is 18.4 Å². The van der Waals surface area contributed by atoms with E-state index in [9.17, 15) is 0 Å². The van der Waals surface area contributed by atoms with Gasteiger partial charge in [0, 0.05) is 18.9 Å². The van der Waals surface area contributed by atoms with Crippen LogP contribution in [0, 0.1) is 0 Å². The Hall–Kier alpha value is -1.88. The quantitative estimate of drug-likeness (QED) is 0.856. The number of anilines is 1.